The van der Waals surface area contributed by atoms with Crippen molar-refractivity contribution in [1.29, 1.82) is 0 Å². The molecule has 2 N–H and O–H groups in total. The van der Waals surface area contributed by atoms with Crippen LogP contribution in [0, 0.1) is 13.8 Å². The maximum atomic E-state index is 5.85. The van der Waals surface area contributed by atoms with E-state index in [0.29, 0.717) is 12.3 Å². The van der Waals surface area contributed by atoms with Crippen molar-refractivity contribution in [3.8, 4) is 5.75 Å². The Hall–Kier alpha value is -2.16. The highest BCUT2D eigenvalue weighted by molar-refractivity contribution is 5.54. The first kappa shape index (κ1) is 14.3. The van der Waals surface area contributed by atoms with Crippen LogP contribution in [-0.2, 0) is 0 Å². The van der Waals surface area contributed by atoms with Gasteiger partial charge in [0.05, 0.1) is 12.2 Å². The van der Waals surface area contributed by atoms with Crippen LogP contribution < -0.4 is 15.4 Å². The predicted molar refractivity (Wildman–Crippen MR) is 85.5 cm³/mol. The number of nitrogens with two attached hydrogens (primary N) is 1. The highest BCUT2D eigenvalue weighted by Gasteiger charge is 2.05. The Morgan fingerprint density at radius 2 is 1.85 bits per heavy atom. The Labute approximate surface area is 121 Å². The number of hydrogen-bond acceptors (Lipinski definition) is 3. The molecule has 0 amide bonds. The fourth-order valence-electron chi connectivity index (χ4n) is 2.26. The molecule has 0 aromatic heterocycles. The lowest BCUT2D eigenvalue weighted by Crippen LogP contribution is -2.24. The van der Waals surface area contributed by atoms with E-state index >= 15 is 0 Å². The van der Waals surface area contributed by atoms with E-state index in [1.54, 1.807) is 0 Å². The van der Waals surface area contributed by atoms with Gasteiger partial charge < -0.3 is 15.4 Å². The first-order valence-electron chi connectivity index (χ1n) is 6.83. The molecule has 0 aliphatic heterocycles. The first-order valence-corrected chi connectivity index (χ1v) is 6.83. The number of aryl methyl sites for hydroxylation is 2. The molecule has 0 atom stereocenters. The number of benzene rings is 2. The summed E-state index contributed by atoms with van der Waals surface area (Å²) in [5.74, 6) is 0.751. The van der Waals surface area contributed by atoms with Gasteiger partial charge in [-0.2, -0.15) is 0 Å². The van der Waals surface area contributed by atoms with Crippen LogP contribution in [0.1, 0.15) is 11.1 Å². The molecule has 0 saturated carbocycles. The highest BCUT2D eigenvalue weighted by Crippen LogP contribution is 2.21. The fraction of sp³-hybridized carbons (Fsp3) is 0.294. The minimum Gasteiger partial charge on any atom is -0.490 e. The minimum absolute atomic E-state index is 0.609. The number of rotatable bonds is 5. The predicted octanol–water partition coefficient (Wildman–Crippen LogP) is 3.40. The van der Waals surface area contributed by atoms with E-state index in [0.717, 1.165) is 12.3 Å². The third kappa shape index (κ3) is 3.44. The second-order valence-electron chi connectivity index (χ2n) is 5.10. The molecule has 2 aromatic rings. The van der Waals surface area contributed by atoms with Gasteiger partial charge in [-0.3, -0.25) is 0 Å². The molecule has 106 valence electrons. The minimum atomic E-state index is 0.609. The van der Waals surface area contributed by atoms with Crippen molar-refractivity contribution in [3.63, 3.8) is 0 Å². The van der Waals surface area contributed by atoms with E-state index in [4.69, 9.17) is 10.5 Å². The van der Waals surface area contributed by atoms with Gasteiger partial charge in [0.15, 0.2) is 0 Å². The Kier molecular flexibility index (Phi) is 4.51. The smallest absolute Gasteiger partial charge is 0.142 e. The summed E-state index contributed by atoms with van der Waals surface area (Å²) in [6.07, 6.45) is 0. The molecule has 2 rings (SSSR count). The first-order chi connectivity index (χ1) is 9.58. The molecule has 0 bridgehead atoms. The SMILES string of the molecule is Cc1ccc(N(C)CCOc2ccccc2N)c(C)c1. The highest BCUT2D eigenvalue weighted by atomic mass is 16.5. The average Bonchev–Trinajstić information content (AvgIpc) is 2.40. The van der Waals surface area contributed by atoms with Crippen molar-refractivity contribution in [2.24, 2.45) is 0 Å². The van der Waals surface area contributed by atoms with E-state index in [1.165, 1.54) is 16.8 Å². The quantitative estimate of drug-likeness (QED) is 0.846. The molecule has 20 heavy (non-hydrogen) atoms. The molecule has 0 saturated heterocycles. The van der Waals surface area contributed by atoms with Gasteiger partial charge >= 0.3 is 0 Å². The number of hydrogen-bond donors (Lipinski definition) is 1. The van der Waals surface area contributed by atoms with Crippen LogP contribution in [0.25, 0.3) is 0 Å². The number of ether oxygens (including phenoxy) is 1. The monoisotopic (exact) mass is 270 g/mol. The summed E-state index contributed by atoms with van der Waals surface area (Å²) in [6, 6.07) is 14.1. The average molecular weight is 270 g/mol. The Morgan fingerprint density at radius 3 is 2.55 bits per heavy atom. The van der Waals surface area contributed by atoms with Gasteiger partial charge in [-0.15, -0.1) is 0 Å². The second-order valence-corrected chi connectivity index (χ2v) is 5.10. The lowest BCUT2D eigenvalue weighted by Gasteiger charge is -2.22. The summed E-state index contributed by atoms with van der Waals surface area (Å²) in [7, 11) is 2.08. The van der Waals surface area contributed by atoms with Crippen molar-refractivity contribution in [1.82, 2.24) is 0 Å². The molecule has 0 heterocycles. The van der Waals surface area contributed by atoms with E-state index in [-0.39, 0.29) is 0 Å². The molecule has 3 nitrogen and oxygen atoms in total. The molecule has 0 aliphatic carbocycles. The van der Waals surface area contributed by atoms with Gasteiger partial charge in [-0.05, 0) is 37.6 Å². The maximum Gasteiger partial charge on any atom is 0.142 e. The molecule has 0 fully saturated rings. The van der Waals surface area contributed by atoms with Crippen molar-refractivity contribution in [3.05, 3.63) is 53.6 Å². The van der Waals surface area contributed by atoms with Crippen molar-refractivity contribution in [2.75, 3.05) is 30.8 Å². The van der Waals surface area contributed by atoms with Gasteiger partial charge in [0.25, 0.3) is 0 Å². The zero-order valence-corrected chi connectivity index (χ0v) is 12.4. The molecule has 0 aliphatic rings. The van der Waals surface area contributed by atoms with Gasteiger partial charge in [0, 0.05) is 12.7 Å². The molecule has 0 unspecified atom stereocenters. The van der Waals surface area contributed by atoms with Crippen molar-refractivity contribution < 1.29 is 4.74 Å². The summed E-state index contributed by atoms with van der Waals surface area (Å²) >= 11 is 0. The van der Waals surface area contributed by atoms with Crippen molar-refractivity contribution >= 4 is 11.4 Å². The third-order valence-electron chi connectivity index (χ3n) is 3.37. The fourth-order valence-corrected chi connectivity index (χ4v) is 2.26. The Balaban J connectivity index is 1.92. The van der Waals surface area contributed by atoms with E-state index in [2.05, 4.69) is 44.0 Å². The molecule has 2 aromatic carbocycles. The lowest BCUT2D eigenvalue weighted by atomic mass is 10.1. The van der Waals surface area contributed by atoms with Gasteiger partial charge in [-0.25, -0.2) is 0 Å². The number of nitrogens with zero attached hydrogens (tertiary/aromatic N) is 1. The van der Waals surface area contributed by atoms with Gasteiger partial charge in [0.2, 0.25) is 0 Å². The summed E-state index contributed by atoms with van der Waals surface area (Å²) in [4.78, 5) is 2.20. The van der Waals surface area contributed by atoms with Gasteiger partial charge in [-0.1, -0.05) is 29.8 Å². The molecule has 0 radical (unpaired) electrons. The normalized spacial score (nSPS) is 10.3. The summed E-state index contributed by atoms with van der Waals surface area (Å²) in [6.45, 7) is 5.67. The molecule has 0 spiro atoms. The van der Waals surface area contributed by atoms with E-state index < -0.39 is 0 Å². The Bertz CT molecular complexity index is 581. The van der Waals surface area contributed by atoms with Crippen LogP contribution in [0.5, 0.6) is 5.75 Å². The van der Waals surface area contributed by atoms with E-state index in [1.807, 2.05) is 24.3 Å². The van der Waals surface area contributed by atoms with Crippen LogP contribution in [-0.4, -0.2) is 20.2 Å². The number of para-hydroxylation sites is 2. The molecular weight excluding hydrogens is 248 g/mol. The summed E-state index contributed by atoms with van der Waals surface area (Å²) in [5.41, 5.74) is 10.3. The zero-order chi connectivity index (χ0) is 14.5. The lowest BCUT2D eigenvalue weighted by molar-refractivity contribution is 0.327. The number of anilines is 2. The van der Waals surface area contributed by atoms with Crippen LogP contribution >= 0.6 is 0 Å². The number of likely N-dealkylation sites (N-methyl/N-ethyl adjacent to an activating group) is 1. The van der Waals surface area contributed by atoms with Crippen molar-refractivity contribution in [2.45, 2.75) is 13.8 Å². The topological polar surface area (TPSA) is 38.5 Å². The third-order valence-corrected chi connectivity index (χ3v) is 3.37. The summed E-state index contributed by atoms with van der Waals surface area (Å²) < 4.78 is 5.73. The standard InChI is InChI=1S/C17H22N2O/c1-13-8-9-16(14(2)12-13)19(3)10-11-20-17-7-5-4-6-15(17)18/h4-9,12H,10-11,18H2,1-3H3. The largest absolute Gasteiger partial charge is 0.490 e. The second kappa shape index (κ2) is 6.33. The Morgan fingerprint density at radius 1 is 1.10 bits per heavy atom. The summed E-state index contributed by atoms with van der Waals surface area (Å²) in [5, 5.41) is 0. The van der Waals surface area contributed by atoms with Crippen LogP contribution in [0.3, 0.4) is 0 Å². The van der Waals surface area contributed by atoms with Crippen LogP contribution in [0.2, 0.25) is 0 Å². The molecule has 3 heteroatoms. The van der Waals surface area contributed by atoms with Crippen LogP contribution in [0.4, 0.5) is 11.4 Å². The number of nitrogen functional groups attached to an aromatic ring is 1. The zero-order valence-electron chi connectivity index (χ0n) is 12.4. The van der Waals surface area contributed by atoms with Crippen LogP contribution in [0.15, 0.2) is 42.5 Å². The maximum absolute atomic E-state index is 5.85. The van der Waals surface area contributed by atoms with E-state index in [9.17, 15) is 0 Å². The molecular formula is C17H22N2O. The van der Waals surface area contributed by atoms with Gasteiger partial charge in [0.1, 0.15) is 12.4 Å².